The molecule has 108 valence electrons. The minimum atomic E-state index is -0.564. The number of carbonyl (C=O) groups excluding carboxylic acids is 2. The average Bonchev–Trinajstić information content (AvgIpc) is 2.42. The van der Waals surface area contributed by atoms with Crippen LogP contribution in [0.4, 0.5) is 0 Å². The Kier molecular flexibility index (Phi) is 6.45. The summed E-state index contributed by atoms with van der Waals surface area (Å²) >= 11 is 3.32. The Labute approximate surface area is 127 Å². The lowest BCUT2D eigenvalue weighted by Gasteiger charge is -2.21. The van der Waals surface area contributed by atoms with Gasteiger partial charge in [-0.2, -0.15) is 0 Å². The number of hydrogen-bond donors (Lipinski definition) is 2. The predicted octanol–water partition coefficient (Wildman–Crippen LogP) is 2.51. The van der Waals surface area contributed by atoms with Crippen molar-refractivity contribution in [3.05, 3.63) is 47.0 Å². The topological polar surface area (TPSA) is 58.2 Å². The van der Waals surface area contributed by atoms with Gasteiger partial charge in [0.15, 0.2) is 0 Å². The van der Waals surface area contributed by atoms with Gasteiger partial charge in [-0.25, -0.2) is 0 Å². The molecule has 0 aromatic heterocycles. The maximum Gasteiger partial charge on any atom is 0.251 e. The predicted molar refractivity (Wildman–Crippen MR) is 83.4 cm³/mol. The lowest BCUT2D eigenvalue weighted by Crippen LogP contribution is -2.49. The molecule has 1 rings (SSSR count). The molecule has 0 unspecified atom stereocenters. The molecule has 0 aliphatic rings. The van der Waals surface area contributed by atoms with Crippen molar-refractivity contribution in [2.24, 2.45) is 5.92 Å². The van der Waals surface area contributed by atoms with Crippen molar-refractivity contribution in [3.63, 3.8) is 0 Å². The zero-order valence-corrected chi connectivity index (χ0v) is 13.2. The Hall–Kier alpha value is -1.62. The van der Waals surface area contributed by atoms with E-state index in [0.29, 0.717) is 12.1 Å². The standard InChI is InChI=1S/C15H19BrN2O2/c1-4-9-17-15(20)13(10(2)3)18-14(19)11-5-7-12(16)8-6-11/h4-8,10,13H,1,9H2,2-3H3,(H,17,20)(H,18,19)/t13-/m1/s1. The van der Waals surface area contributed by atoms with Gasteiger partial charge in [0, 0.05) is 16.6 Å². The van der Waals surface area contributed by atoms with Gasteiger partial charge in [0.25, 0.3) is 5.91 Å². The summed E-state index contributed by atoms with van der Waals surface area (Å²) in [5.74, 6) is -0.463. The Morgan fingerprint density at radius 2 is 1.90 bits per heavy atom. The molecule has 0 aliphatic carbocycles. The summed E-state index contributed by atoms with van der Waals surface area (Å²) in [7, 11) is 0. The van der Waals surface area contributed by atoms with E-state index in [2.05, 4.69) is 33.1 Å². The van der Waals surface area contributed by atoms with Crippen molar-refractivity contribution >= 4 is 27.7 Å². The monoisotopic (exact) mass is 338 g/mol. The first-order chi connectivity index (χ1) is 9.45. The fourth-order valence-electron chi connectivity index (χ4n) is 1.64. The molecule has 0 heterocycles. The molecule has 0 bridgehead atoms. The van der Waals surface area contributed by atoms with Crippen molar-refractivity contribution < 1.29 is 9.59 Å². The Morgan fingerprint density at radius 3 is 2.40 bits per heavy atom. The first kappa shape index (κ1) is 16.4. The summed E-state index contributed by atoms with van der Waals surface area (Å²) in [6, 6.07) is 6.43. The van der Waals surface area contributed by atoms with Crippen LogP contribution in [-0.4, -0.2) is 24.4 Å². The first-order valence-electron chi connectivity index (χ1n) is 6.40. The highest BCUT2D eigenvalue weighted by Crippen LogP contribution is 2.11. The minimum Gasteiger partial charge on any atom is -0.351 e. The van der Waals surface area contributed by atoms with Gasteiger partial charge >= 0.3 is 0 Å². The third-order valence-electron chi connectivity index (χ3n) is 2.76. The summed E-state index contributed by atoms with van der Waals surface area (Å²) in [6.07, 6.45) is 1.60. The maximum absolute atomic E-state index is 12.1. The highest BCUT2D eigenvalue weighted by atomic mass is 79.9. The summed E-state index contributed by atoms with van der Waals surface area (Å²) < 4.78 is 0.901. The van der Waals surface area contributed by atoms with Crippen molar-refractivity contribution in [2.75, 3.05) is 6.54 Å². The van der Waals surface area contributed by atoms with Crippen LogP contribution in [0.1, 0.15) is 24.2 Å². The first-order valence-corrected chi connectivity index (χ1v) is 7.20. The summed E-state index contributed by atoms with van der Waals surface area (Å²) in [5, 5.41) is 5.46. The molecule has 1 atom stereocenters. The van der Waals surface area contributed by atoms with Crippen LogP contribution in [0.15, 0.2) is 41.4 Å². The normalized spacial score (nSPS) is 11.8. The van der Waals surface area contributed by atoms with Crippen LogP contribution in [0.25, 0.3) is 0 Å². The third-order valence-corrected chi connectivity index (χ3v) is 3.29. The quantitative estimate of drug-likeness (QED) is 0.783. The molecule has 1 aromatic carbocycles. The van der Waals surface area contributed by atoms with Crippen molar-refractivity contribution in [3.8, 4) is 0 Å². The van der Waals surface area contributed by atoms with Crippen LogP contribution in [0.5, 0.6) is 0 Å². The Bertz CT molecular complexity index is 483. The van der Waals surface area contributed by atoms with E-state index in [4.69, 9.17) is 0 Å². The smallest absolute Gasteiger partial charge is 0.251 e. The number of rotatable bonds is 6. The fourth-order valence-corrected chi connectivity index (χ4v) is 1.91. The van der Waals surface area contributed by atoms with Crippen LogP contribution < -0.4 is 10.6 Å². The van der Waals surface area contributed by atoms with E-state index >= 15 is 0 Å². The minimum absolute atomic E-state index is 0.000728. The largest absolute Gasteiger partial charge is 0.351 e. The molecule has 0 saturated carbocycles. The van der Waals surface area contributed by atoms with E-state index in [1.807, 2.05) is 13.8 Å². The van der Waals surface area contributed by atoms with Crippen LogP contribution in [0.3, 0.4) is 0 Å². The van der Waals surface area contributed by atoms with Gasteiger partial charge in [-0.1, -0.05) is 35.9 Å². The zero-order valence-electron chi connectivity index (χ0n) is 11.7. The molecule has 1 aromatic rings. The van der Waals surface area contributed by atoms with Gasteiger partial charge in [-0.05, 0) is 30.2 Å². The summed E-state index contributed by atoms with van der Waals surface area (Å²) in [4.78, 5) is 24.1. The third kappa shape index (κ3) is 4.81. The van der Waals surface area contributed by atoms with Gasteiger partial charge in [-0.15, -0.1) is 6.58 Å². The molecule has 2 N–H and O–H groups in total. The molecule has 4 nitrogen and oxygen atoms in total. The van der Waals surface area contributed by atoms with Crippen molar-refractivity contribution in [1.82, 2.24) is 10.6 Å². The summed E-state index contributed by atoms with van der Waals surface area (Å²) in [6.45, 7) is 7.71. The van der Waals surface area contributed by atoms with Crippen LogP contribution in [0, 0.1) is 5.92 Å². The molecule has 0 saturated heterocycles. The van der Waals surface area contributed by atoms with Gasteiger partial charge in [0.2, 0.25) is 5.91 Å². The van der Waals surface area contributed by atoms with Crippen LogP contribution in [-0.2, 0) is 4.79 Å². The fraction of sp³-hybridized carbons (Fsp3) is 0.333. The number of carbonyl (C=O) groups is 2. The molecule has 0 aliphatic heterocycles. The SMILES string of the molecule is C=CCNC(=O)[C@H](NC(=O)c1ccc(Br)cc1)C(C)C. The second-order valence-corrected chi connectivity index (χ2v) is 5.65. The number of amides is 2. The summed E-state index contributed by atoms with van der Waals surface area (Å²) in [5.41, 5.74) is 0.523. The van der Waals surface area contributed by atoms with Crippen molar-refractivity contribution in [1.29, 1.82) is 0 Å². The molecule has 0 fully saturated rings. The second kappa shape index (κ2) is 7.85. The molecule has 20 heavy (non-hydrogen) atoms. The highest BCUT2D eigenvalue weighted by Gasteiger charge is 2.24. The van der Waals surface area contributed by atoms with Gasteiger partial charge in [0.1, 0.15) is 6.04 Å². The van der Waals surface area contributed by atoms with Gasteiger partial charge in [-0.3, -0.25) is 9.59 Å². The van der Waals surface area contributed by atoms with E-state index in [9.17, 15) is 9.59 Å². The van der Waals surface area contributed by atoms with E-state index in [1.54, 1.807) is 30.3 Å². The Morgan fingerprint density at radius 1 is 1.30 bits per heavy atom. The van der Waals surface area contributed by atoms with E-state index < -0.39 is 6.04 Å². The second-order valence-electron chi connectivity index (χ2n) is 4.74. The zero-order chi connectivity index (χ0) is 15.1. The Balaban J connectivity index is 2.74. The van der Waals surface area contributed by atoms with Gasteiger partial charge < -0.3 is 10.6 Å². The maximum atomic E-state index is 12.1. The van der Waals surface area contributed by atoms with Crippen LogP contribution >= 0.6 is 15.9 Å². The van der Waals surface area contributed by atoms with E-state index in [1.165, 1.54) is 0 Å². The molecule has 0 spiro atoms. The van der Waals surface area contributed by atoms with E-state index in [-0.39, 0.29) is 17.7 Å². The van der Waals surface area contributed by atoms with Crippen molar-refractivity contribution in [2.45, 2.75) is 19.9 Å². The van der Waals surface area contributed by atoms with Gasteiger partial charge in [0.05, 0.1) is 0 Å². The molecular formula is C15H19BrN2O2. The lowest BCUT2D eigenvalue weighted by atomic mass is 10.0. The number of nitrogens with one attached hydrogen (secondary N) is 2. The average molecular weight is 339 g/mol. The number of hydrogen-bond acceptors (Lipinski definition) is 2. The molecule has 2 amide bonds. The van der Waals surface area contributed by atoms with E-state index in [0.717, 1.165) is 4.47 Å². The number of benzene rings is 1. The highest BCUT2D eigenvalue weighted by molar-refractivity contribution is 9.10. The van der Waals surface area contributed by atoms with Crippen LogP contribution in [0.2, 0.25) is 0 Å². The molecule has 5 heteroatoms. The molecular weight excluding hydrogens is 320 g/mol. The number of halogens is 1. The lowest BCUT2D eigenvalue weighted by molar-refractivity contribution is -0.123. The molecule has 0 radical (unpaired) electrons.